The molecule has 5 atom stereocenters. The Morgan fingerprint density at radius 3 is 2.32 bits per heavy atom. The molecule has 1 saturated heterocycles. The first kappa shape index (κ1) is 26.3. The van der Waals surface area contributed by atoms with Crippen LogP contribution in [0.4, 0.5) is 10.5 Å². The standard InChI is InChI=1S/C29H38BrN3O4/c1-28(2,3)37-27(36)33-16-4-5-18(17-33)12-15-31-25(34)23-21-10-11-22(29(21)13-14-29)24(23)26(35)32-20-8-6-19(30)7-9-20/h6-11,18,21-24H,4-5,12-17H2,1-3H3,(H,31,34)(H,32,35)/t18?,21-,22+,23?,24-/m1/s1. The minimum absolute atomic E-state index is 0.0149. The number of piperidine rings is 1. The Morgan fingerprint density at radius 2 is 1.70 bits per heavy atom. The zero-order chi connectivity index (χ0) is 26.4. The molecule has 3 aliphatic carbocycles. The largest absolute Gasteiger partial charge is 0.444 e. The van der Waals surface area contributed by atoms with E-state index in [1.807, 2.05) is 45.0 Å². The summed E-state index contributed by atoms with van der Waals surface area (Å²) in [6, 6.07) is 7.55. The minimum atomic E-state index is -0.508. The fourth-order valence-corrected chi connectivity index (χ4v) is 7.04. The lowest BCUT2D eigenvalue weighted by atomic mass is 9.81. The summed E-state index contributed by atoms with van der Waals surface area (Å²) in [4.78, 5) is 41.3. The molecule has 37 heavy (non-hydrogen) atoms. The Hall–Kier alpha value is -2.35. The Balaban J connectivity index is 1.18. The number of likely N-dealkylation sites (tertiary alicyclic amines) is 1. The molecule has 1 spiro atoms. The molecule has 2 bridgehead atoms. The van der Waals surface area contributed by atoms with E-state index in [0.717, 1.165) is 42.3 Å². The van der Waals surface area contributed by atoms with Crippen molar-refractivity contribution in [1.82, 2.24) is 10.2 Å². The van der Waals surface area contributed by atoms with Gasteiger partial charge in [-0.15, -0.1) is 0 Å². The molecule has 1 aliphatic heterocycles. The van der Waals surface area contributed by atoms with Crippen LogP contribution in [0.2, 0.25) is 0 Å². The molecule has 2 saturated carbocycles. The van der Waals surface area contributed by atoms with Gasteiger partial charge in [0, 0.05) is 29.8 Å². The molecular weight excluding hydrogens is 534 g/mol. The molecule has 0 aromatic heterocycles. The number of nitrogens with one attached hydrogen (secondary N) is 2. The van der Waals surface area contributed by atoms with Crippen molar-refractivity contribution in [2.75, 3.05) is 25.0 Å². The quantitative estimate of drug-likeness (QED) is 0.449. The molecule has 0 radical (unpaired) electrons. The van der Waals surface area contributed by atoms with Gasteiger partial charge in [0.1, 0.15) is 5.60 Å². The van der Waals surface area contributed by atoms with E-state index in [0.29, 0.717) is 25.6 Å². The van der Waals surface area contributed by atoms with E-state index in [4.69, 9.17) is 4.74 Å². The minimum Gasteiger partial charge on any atom is -0.444 e. The number of carbonyl (C=O) groups excluding carboxylic acids is 3. The molecule has 1 aromatic carbocycles. The SMILES string of the molecule is CC(C)(C)OC(=O)N1CCCC(CCNC(=O)C2[C@H]3C=C[C@@H]([C@H]2C(=O)Nc2ccc(Br)cc2)C32CC2)C1. The highest BCUT2D eigenvalue weighted by Gasteiger charge is 2.69. The molecule has 1 aromatic rings. The van der Waals surface area contributed by atoms with Crippen molar-refractivity contribution < 1.29 is 19.1 Å². The summed E-state index contributed by atoms with van der Waals surface area (Å²) >= 11 is 3.43. The van der Waals surface area contributed by atoms with Crippen molar-refractivity contribution in [1.29, 1.82) is 0 Å². The molecule has 1 heterocycles. The second-order valence-electron chi connectivity index (χ2n) is 12.2. The monoisotopic (exact) mass is 571 g/mol. The van der Waals surface area contributed by atoms with Crippen LogP contribution in [0.1, 0.15) is 52.9 Å². The fraction of sp³-hybridized carbons (Fsp3) is 0.621. The summed E-state index contributed by atoms with van der Waals surface area (Å²) in [7, 11) is 0. The van der Waals surface area contributed by atoms with E-state index in [-0.39, 0.29) is 47.0 Å². The first-order valence-electron chi connectivity index (χ1n) is 13.6. The van der Waals surface area contributed by atoms with E-state index < -0.39 is 5.60 Å². The van der Waals surface area contributed by atoms with Crippen LogP contribution in [0.3, 0.4) is 0 Å². The van der Waals surface area contributed by atoms with Gasteiger partial charge in [0.05, 0.1) is 11.8 Å². The lowest BCUT2D eigenvalue weighted by molar-refractivity contribution is -0.132. The van der Waals surface area contributed by atoms with E-state index in [1.54, 1.807) is 4.90 Å². The van der Waals surface area contributed by atoms with E-state index in [1.165, 1.54) is 0 Å². The van der Waals surface area contributed by atoms with Crippen LogP contribution in [0.5, 0.6) is 0 Å². The van der Waals surface area contributed by atoms with Crippen LogP contribution in [-0.2, 0) is 14.3 Å². The van der Waals surface area contributed by atoms with Gasteiger partial charge in [0.15, 0.2) is 0 Å². The number of ether oxygens (including phenoxy) is 1. The molecule has 8 heteroatoms. The van der Waals surface area contributed by atoms with Gasteiger partial charge < -0.3 is 20.3 Å². The molecular formula is C29H38BrN3O4. The Bertz CT molecular complexity index is 1080. The van der Waals surface area contributed by atoms with Crippen molar-refractivity contribution in [3.8, 4) is 0 Å². The highest BCUT2D eigenvalue weighted by Crippen LogP contribution is 2.72. The van der Waals surface area contributed by atoms with Gasteiger partial charge in [-0.05, 0) is 100 Å². The maximum absolute atomic E-state index is 13.5. The first-order chi connectivity index (χ1) is 17.6. The lowest BCUT2D eigenvalue weighted by Gasteiger charge is -2.34. The zero-order valence-electron chi connectivity index (χ0n) is 22.0. The second kappa shape index (κ2) is 10.1. The molecule has 2 unspecified atom stereocenters. The smallest absolute Gasteiger partial charge is 0.410 e. The average molecular weight is 573 g/mol. The fourth-order valence-electron chi connectivity index (χ4n) is 6.78. The number of anilines is 1. The van der Waals surface area contributed by atoms with Crippen LogP contribution in [0.25, 0.3) is 0 Å². The van der Waals surface area contributed by atoms with Gasteiger partial charge in [-0.1, -0.05) is 28.1 Å². The van der Waals surface area contributed by atoms with Gasteiger partial charge in [-0.3, -0.25) is 9.59 Å². The Kier molecular flexibility index (Phi) is 7.16. The average Bonchev–Trinajstić information content (AvgIpc) is 3.51. The van der Waals surface area contributed by atoms with Crippen LogP contribution in [-0.4, -0.2) is 48.0 Å². The predicted molar refractivity (Wildman–Crippen MR) is 146 cm³/mol. The third-order valence-corrected chi connectivity index (χ3v) is 9.11. The lowest BCUT2D eigenvalue weighted by Crippen LogP contribution is -2.44. The summed E-state index contributed by atoms with van der Waals surface area (Å²) in [5, 5.41) is 6.23. The third-order valence-electron chi connectivity index (χ3n) is 8.58. The highest BCUT2D eigenvalue weighted by atomic mass is 79.9. The van der Waals surface area contributed by atoms with Crippen LogP contribution in [0, 0.1) is 35.0 Å². The number of rotatable bonds is 6. The van der Waals surface area contributed by atoms with Crippen molar-refractivity contribution in [2.24, 2.45) is 35.0 Å². The van der Waals surface area contributed by atoms with Crippen LogP contribution >= 0.6 is 15.9 Å². The number of nitrogens with zero attached hydrogens (tertiary/aromatic N) is 1. The van der Waals surface area contributed by atoms with Crippen molar-refractivity contribution in [3.63, 3.8) is 0 Å². The summed E-state index contributed by atoms with van der Waals surface area (Å²) in [6.07, 6.45) is 9.06. The van der Waals surface area contributed by atoms with Crippen molar-refractivity contribution >= 4 is 39.5 Å². The summed E-state index contributed by atoms with van der Waals surface area (Å²) in [6.45, 7) is 7.56. The van der Waals surface area contributed by atoms with Gasteiger partial charge in [-0.25, -0.2) is 4.79 Å². The van der Waals surface area contributed by atoms with Gasteiger partial charge >= 0.3 is 6.09 Å². The van der Waals surface area contributed by atoms with E-state index in [9.17, 15) is 14.4 Å². The Morgan fingerprint density at radius 1 is 1.05 bits per heavy atom. The number of hydrogen-bond acceptors (Lipinski definition) is 4. The van der Waals surface area contributed by atoms with E-state index in [2.05, 4.69) is 38.7 Å². The highest BCUT2D eigenvalue weighted by molar-refractivity contribution is 9.10. The van der Waals surface area contributed by atoms with E-state index >= 15 is 0 Å². The van der Waals surface area contributed by atoms with Crippen LogP contribution < -0.4 is 10.6 Å². The molecule has 2 N–H and O–H groups in total. The molecule has 5 rings (SSSR count). The topological polar surface area (TPSA) is 87.7 Å². The van der Waals surface area contributed by atoms with Gasteiger partial charge in [-0.2, -0.15) is 0 Å². The Labute approximate surface area is 227 Å². The number of carbonyl (C=O) groups is 3. The summed E-state index contributed by atoms with van der Waals surface area (Å²) in [5.74, 6) is -0.173. The maximum Gasteiger partial charge on any atom is 0.410 e. The molecule has 4 aliphatic rings. The van der Waals surface area contributed by atoms with Gasteiger partial charge in [0.25, 0.3) is 0 Å². The molecule has 3 fully saturated rings. The normalized spacial score (nSPS) is 29.3. The number of halogens is 1. The number of allylic oxidation sites excluding steroid dienone is 2. The number of amides is 3. The molecule has 200 valence electrons. The predicted octanol–water partition coefficient (Wildman–Crippen LogP) is 5.37. The maximum atomic E-state index is 13.5. The number of hydrogen-bond donors (Lipinski definition) is 2. The third kappa shape index (κ3) is 5.45. The van der Waals surface area contributed by atoms with Gasteiger partial charge in [0.2, 0.25) is 11.8 Å². The summed E-state index contributed by atoms with van der Waals surface area (Å²) in [5.41, 5.74) is 0.337. The van der Waals surface area contributed by atoms with Crippen molar-refractivity contribution in [3.05, 3.63) is 40.9 Å². The molecule has 3 amide bonds. The first-order valence-corrected chi connectivity index (χ1v) is 14.4. The number of benzene rings is 1. The molecule has 7 nitrogen and oxygen atoms in total. The van der Waals surface area contributed by atoms with Crippen molar-refractivity contribution in [2.45, 2.75) is 58.5 Å². The van der Waals surface area contributed by atoms with Crippen LogP contribution in [0.15, 0.2) is 40.9 Å². The zero-order valence-corrected chi connectivity index (χ0v) is 23.6. The second-order valence-corrected chi connectivity index (χ2v) is 13.1. The summed E-state index contributed by atoms with van der Waals surface area (Å²) < 4.78 is 6.50.